The van der Waals surface area contributed by atoms with Crippen molar-refractivity contribution in [1.82, 2.24) is 10.3 Å². The molecule has 88 valence electrons. The lowest BCUT2D eigenvalue weighted by molar-refractivity contribution is -0.118. The minimum absolute atomic E-state index is 0.220. The summed E-state index contributed by atoms with van der Waals surface area (Å²) in [6, 6.07) is 4.07. The number of carbonyl (C=O) groups excluding carboxylic acids is 1. The number of nitrogens with two attached hydrogens (primary N) is 1. The van der Waals surface area contributed by atoms with Crippen molar-refractivity contribution >= 4 is 5.91 Å². The molecule has 0 atom stereocenters. The van der Waals surface area contributed by atoms with Crippen molar-refractivity contribution in [3.8, 4) is 0 Å². The average molecular weight is 221 g/mol. The van der Waals surface area contributed by atoms with Gasteiger partial charge < -0.3 is 11.1 Å². The molecule has 4 heteroatoms. The molecule has 0 spiro atoms. The molecule has 1 amide bonds. The molecule has 16 heavy (non-hydrogen) atoms. The molecule has 0 aromatic carbocycles. The predicted octanol–water partition coefficient (Wildman–Crippen LogP) is 1.14. The Bertz CT molecular complexity index is 322. The van der Waals surface area contributed by atoms with E-state index < -0.39 is 0 Å². The number of amides is 1. The molecule has 4 nitrogen and oxygen atoms in total. The van der Waals surface area contributed by atoms with Crippen LogP contribution in [-0.2, 0) is 11.3 Å². The van der Waals surface area contributed by atoms with Gasteiger partial charge in [-0.25, -0.2) is 0 Å². The molecule has 1 aromatic heterocycles. The largest absolute Gasteiger partial charge is 0.370 e. The molecule has 0 fully saturated rings. The molecule has 1 heterocycles. The summed E-state index contributed by atoms with van der Waals surface area (Å²) >= 11 is 0. The van der Waals surface area contributed by atoms with Crippen molar-refractivity contribution in [3.05, 3.63) is 29.6 Å². The van der Waals surface area contributed by atoms with Crippen molar-refractivity contribution in [2.75, 3.05) is 6.54 Å². The van der Waals surface area contributed by atoms with E-state index in [9.17, 15) is 4.79 Å². The smallest absolute Gasteiger partial charge is 0.217 e. The van der Waals surface area contributed by atoms with Crippen LogP contribution in [0.5, 0.6) is 0 Å². The first-order valence-electron chi connectivity index (χ1n) is 5.59. The summed E-state index contributed by atoms with van der Waals surface area (Å²) < 4.78 is 0. The highest BCUT2D eigenvalue weighted by atomic mass is 16.1. The topological polar surface area (TPSA) is 68.0 Å². The minimum Gasteiger partial charge on any atom is -0.370 e. The van der Waals surface area contributed by atoms with E-state index in [1.54, 1.807) is 0 Å². The van der Waals surface area contributed by atoms with Crippen molar-refractivity contribution < 1.29 is 4.79 Å². The average Bonchev–Trinajstić information content (AvgIpc) is 2.25. The highest BCUT2D eigenvalue weighted by Gasteiger charge is 1.95. The Labute approximate surface area is 96.3 Å². The Morgan fingerprint density at radius 3 is 2.88 bits per heavy atom. The fraction of sp³-hybridized carbons (Fsp3) is 0.500. The molecular weight excluding hydrogens is 202 g/mol. The third kappa shape index (κ3) is 5.46. The normalized spacial score (nSPS) is 10.3. The second kappa shape index (κ2) is 6.95. The van der Waals surface area contributed by atoms with Crippen molar-refractivity contribution in [3.63, 3.8) is 0 Å². The van der Waals surface area contributed by atoms with Gasteiger partial charge in [-0.3, -0.25) is 9.78 Å². The molecule has 0 saturated heterocycles. The molecule has 1 aromatic rings. The number of rotatable bonds is 7. The van der Waals surface area contributed by atoms with Crippen molar-refractivity contribution in [1.29, 1.82) is 0 Å². The van der Waals surface area contributed by atoms with Crippen LogP contribution in [0.4, 0.5) is 0 Å². The van der Waals surface area contributed by atoms with E-state index in [4.69, 9.17) is 5.73 Å². The summed E-state index contributed by atoms with van der Waals surface area (Å²) in [7, 11) is 0. The van der Waals surface area contributed by atoms with Crippen LogP contribution in [0, 0.1) is 6.92 Å². The van der Waals surface area contributed by atoms with Gasteiger partial charge in [-0.05, 0) is 37.9 Å². The Kier molecular flexibility index (Phi) is 5.50. The lowest BCUT2D eigenvalue weighted by Crippen LogP contribution is -2.16. The summed E-state index contributed by atoms with van der Waals surface area (Å²) in [6.45, 7) is 3.70. The molecular formula is C12H19N3O. The zero-order valence-corrected chi connectivity index (χ0v) is 9.70. The number of pyridine rings is 1. The fourth-order valence-electron chi connectivity index (χ4n) is 1.38. The molecule has 0 aliphatic heterocycles. The third-order valence-corrected chi connectivity index (χ3v) is 2.33. The van der Waals surface area contributed by atoms with Gasteiger partial charge in [-0.15, -0.1) is 0 Å². The Balaban J connectivity index is 2.07. The number of carbonyl (C=O) groups is 1. The maximum Gasteiger partial charge on any atom is 0.217 e. The van der Waals surface area contributed by atoms with Gasteiger partial charge in [0.2, 0.25) is 5.91 Å². The lowest BCUT2D eigenvalue weighted by atomic mass is 10.2. The maximum atomic E-state index is 10.5. The summed E-state index contributed by atoms with van der Waals surface area (Å²) in [4.78, 5) is 14.7. The molecule has 0 unspecified atom stereocenters. The van der Waals surface area contributed by atoms with Gasteiger partial charge in [0, 0.05) is 24.9 Å². The SMILES string of the molecule is Cc1ccc(CNCCCCC(N)=O)cn1. The van der Waals surface area contributed by atoms with Gasteiger partial charge in [0.1, 0.15) is 0 Å². The third-order valence-electron chi connectivity index (χ3n) is 2.33. The number of hydrogen-bond acceptors (Lipinski definition) is 3. The van der Waals surface area contributed by atoms with Crippen LogP contribution in [0.3, 0.4) is 0 Å². The van der Waals surface area contributed by atoms with E-state index in [0.29, 0.717) is 6.42 Å². The van der Waals surface area contributed by atoms with E-state index >= 15 is 0 Å². The molecule has 0 aliphatic carbocycles. The number of hydrogen-bond donors (Lipinski definition) is 2. The Morgan fingerprint density at radius 1 is 1.44 bits per heavy atom. The van der Waals surface area contributed by atoms with Crippen LogP contribution < -0.4 is 11.1 Å². The minimum atomic E-state index is -0.220. The van der Waals surface area contributed by atoms with Gasteiger partial charge in [-0.2, -0.15) is 0 Å². The molecule has 0 aliphatic rings. The van der Waals surface area contributed by atoms with Gasteiger partial charge in [0.05, 0.1) is 0 Å². The number of aromatic nitrogens is 1. The van der Waals surface area contributed by atoms with Crippen LogP contribution >= 0.6 is 0 Å². The first kappa shape index (κ1) is 12.6. The van der Waals surface area contributed by atoms with E-state index in [1.165, 1.54) is 5.56 Å². The Hall–Kier alpha value is -1.42. The fourth-order valence-corrected chi connectivity index (χ4v) is 1.38. The molecule has 0 radical (unpaired) electrons. The number of nitrogens with one attached hydrogen (secondary N) is 1. The molecule has 3 N–H and O–H groups in total. The van der Waals surface area contributed by atoms with Crippen LogP contribution in [0.1, 0.15) is 30.5 Å². The first-order chi connectivity index (χ1) is 7.68. The standard InChI is InChI=1S/C12H19N3O/c1-10-5-6-11(9-15-10)8-14-7-3-2-4-12(13)16/h5-6,9,14H,2-4,7-8H2,1H3,(H2,13,16). The zero-order valence-electron chi connectivity index (χ0n) is 9.70. The van der Waals surface area contributed by atoms with E-state index in [0.717, 1.165) is 31.6 Å². The van der Waals surface area contributed by atoms with Crippen LogP contribution in [-0.4, -0.2) is 17.4 Å². The first-order valence-corrected chi connectivity index (χ1v) is 5.59. The number of primary amides is 1. The lowest BCUT2D eigenvalue weighted by Gasteiger charge is -2.04. The van der Waals surface area contributed by atoms with Gasteiger partial charge >= 0.3 is 0 Å². The van der Waals surface area contributed by atoms with Gasteiger partial charge in [0.15, 0.2) is 0 Å². The predicted molar refractivity (Wildman–Crippen MR) is 63.7 cm³/mol. The maximum absolute atomic E-state index is 10.5. The molecule has 0 saturated carbocycles. The van der Waals surface area contributed by atoms with E-state index in [2.05, 4.69) is 16.4 Å². The van der Waals surface area contributed by atoms with Crippen molar-refractivity contribution in [2.24, 2.45) is 5.73 Å². The monoisotopic (exact) mass is 221 g/mol. The quantitative estimate of drug-likeness (QED) is 0.678. The second-order valence-electron chi connectivity index (χ2n) is 3.91. The van der Waals surface area contributed by atoms with Gasteiger partial charge in [0.25, 0.3) is 0 Å². The molecule has 1 rings (SSSR count). The second-order valence-corrected chi connectivity index (χ2v) is 3.91. The van der Waals surface area contributed by atoms with Gasteiger partial charge in [-0.1, -0.05) is 6.07 Å². The van der Waals surface area contributed by atoms with Crippen LogP contribution in [0.2, 0.25) is 0 Å². The zero-order chi connectivity index (χ0) is 11.8. The van der Waals surface area contributed by atoms with Crippen molar-refractivity contribution in [2.45, 2.75) is 32.7 Å². The highest BCUT2D eigenvalue weighted by molar-refractivity contribution is 5.73. The summed E-state index contributed by atoms with van der Waals surface area (Å²) in [5, 5.41) is 3.30. The van der Waals surface area contributed by atoms with E-state index in [1.807, 2.05) is 19.2 Å². The number of aryl methyl sites for hydroxylation is 1. The summed E-state index contributed by atoms with van der Waals surface area (Å²) in [6.07, 6.45) is 4.19. The van der Waals surface area contributed by atoms with Crippen LogP contribution in [0.25, 0.3) is 0 Å². The Morgan fingerprint density at radius 2 is 2.25 bits per heavy atom. The van der Waals surface area contributed by atoms with E-state index in [-0.39, 0.29) is 5.91 Å². The molecule has 0 bridgehead atoms. The number of unbranched alkanes of at least 4 members (excludes halogenated alkanes) is 1. The summed E-state index contributed by atoms with van der Waals surface area (Å²) in [5.41, 5.74) is 7.26. The number of nitrogens with zero attached hydrogens (tertiary/aromatic N) is 1. The summed E-state index contributed by atoms with van der Waals surface area (Å²) in [5.74, 6) is -0.220. The van der Waals surface area contributed by atoms with Crippen LogP contribution in [0.15, 0.2) is 18.3 Å². The highest BCUT2D eigenvalue weighted by Crippen LogP contribution is 1.99.